The predicted molar refractivity (Wildman–Crippen MR) is 75.2 cm³/mol. The molecule has 1 atom stereocenters. The largest absolute Gasteiger partial charge is 0.313 e. The highest BCUT2D eigenvalue weighted by atomic mass is 32.2. The Morgan fingerprint density at radius 3 is 3.00 bits per heavy atom. The van der Waals surface area contributed by atoms with Crippen molar-refractivity contribution in [1.82, 2.24) is 5.32 Å². The molecule has 98 valence electrons. The van der Waals surface area contributed by atoms with Gasteiger partial charge in [-0.3, -0.25) is 10.1 Å². The van der Waals surface area contributed by atoms with E-state index in [4.69, 9.17) is 0 Å². The summed E-state index contributed by atoms with van der Waals surface area (Å²) in [5.41, 5.74) is 1.05. The van der Waals surface area contributed by atoms with Gasteiger partial charge in [-0.05, 0) is 31.6 Å². The molecule has 0 saturated carbocycles. The first-order valence-electron chi connectivity index (χ1n) is 6.31. The zero-order valence-electron chi connectivity index (χ0n) is 10.3. The fraction of sp³-hybridized carbons (Fsp3) is 0.538. The van der Waals surface area contributed by atoms with Crippen LogP contribution in [-0.4, -0.2) is 29.0 Å². The number of nitro groups is 1. The molecule has 4 nitrogen and oxygen atoms in total. The molecule has 1 fully saturated rings. The molecule has 1 saturated heterocycles. The van der Waals surface area contributed by atoms with Gasteiger partial charge in [-0.25, -0.2) is 0 Å². The lowest BCUT2D eigenvalue weighted by molar-refractivity contribution is -0.385. The maximum Gasteiger partial charge on any atom is 0.272 e. The number of para-hydroxylation sites is 1. The van der Waals surface area contributed by atoms with Gasteiger partial charge in [-0.15, -0.1) is 0 Å². The highest BCUT2D eigenvalue weighted by Gasteiger charge is 2.14. The van der Waals surface area contributed by atoms with E-state index in [-0.39, 0.29) is 10.6 Å². The van der Waals surface area contributed by atoms with Gasteiger partial charge in [0.1, 0.15) is 0 Å². The quantitative estimate of drug-likeness (QED) is 0.657. The summed E-state index contributed by atoms with van der Waals surface area (Å²) in [4.78, 5) is 10.6. The molecule has 0 aromatic heterocycles. The van der Waals surface area contributed by atoms with Crippen molar-refractivity contribution >= 4 is 17.4 Å². The molecule has 2 rings (SSSR count). The molecule has 0 amide bonds. The molecule has 1 aliphatic rings. The van der Waals surface area contributed by atoms with Crippen LogP contribution in [0.5, 0.6) is 0 Å². The number of nitrogens with zero attached hydrogens (tertiary/aromatic N) is 1. The van der Waals surface area contributed by atoms with E-state index >= 15 is 0 Å². The highest BCUT2D eigenvalue weighted by molar-refractivity contribution is 7.99. The average Bonchev–Trinajstić information content (AvgIpc) is 2.40. The molecule has 1 aliphatic heterocycles. The minimum atomic E-state index is -0.300. The van der Waals surface area contributed by atoms with E-state index < -0.39 is 0 Å². The summed E-state index contributed by atoms with van der Waals surface area (Å²) in [7, 11) is 0. The third-order valence-corrected chi connectivity index (χ3v) is 4.39. The monoisotopic (exact) mass is 266 g/mol. The smallest absolute Gasteiger partial charge is 0.272 e. The topological polar surface area (TPSA) is 55.2 Å². The second-order valence-corrected chi connectivity index (χ2v) is 5.65. The lowest BCUT2D eigenvalue weighted by Crippen LogP contribution is -2.35. The molecule has 1 heterocycles. The Hall–Kier alpha value is -1.07. The molecular formula is C13H18N2O2S. The first-order chi connectivity index (χ1) is 8.77. The third-order valence-electron chi connectivity index (χ3n) is 3.18. The molecular weight excluding hydrogens is 248 g/mol. The van der Waals surface area contributed by atoms with Crippen molar-refractivity contribution in [1.29, 1.82) is 0 Å². The predicted octanol–water partition coefficient (Wildman–Crippen LogP) is 2.62. The van der Waals surface area contributed by atoms with Crippen LogP contribution < -0.4 is 5.32 Å². The summed E-state index contributed by atoms with van der Waals surface area (Å²) in [5, 5.41) is 14.4. The van der Waals surface area contributed by atoms with Crippen LogP contribution in [0.1, 0.15) is 18.4 Å². The zero-order valence-corrected chi connectivity index (χ0v) is 11.1. The third kappa shape index (κ3) is 3.71. The Balaban J connectivity index is 1.84. The normalized spacial score (nSPS) is 19.7. The van der Waals surface area contributed by atoms with Gasteiger partial charge in [0.2, 0.25) is 0 Å². The fourth-order valence-electron chi connectivity index (χ4n) is 2.21. The number of nitrogens with one attached hydrogen (secondary N) is 1. The van der Waals surface area contributed by atoms with Crippen LogP contribution in [0.15, 0.2) is 24.3 Å². The van der Waals surface area contributed by atoms with Crippen molar-refractivity contribution in [2.45, 2.75) is 25.3 Å². The van der Waals surface area contributed by atoms with Crippen LogP contribution in [0.3, 0.4) is 0 Å². The lowest BCUT2D eigenvalue weighted by atomic mass is 10.1. The summed E-state index contributed by atoms with van der Waals surface area (Å²) in [6, 6.07) is 7.57. The van der Waals surface area contributed by atoms with E-state index in [1.54, 1.807) is 12.1 Å². The van der Waals surface area contributed by atoms with Gasteiger partial charge in [0.25, 0.3) is 5.69 Å². The van der Waals surface area contributed by atoms with Gasteiger partial charge in [0.15, 0.2) is 0 Å². The highest BCUT2D eigenvalue weighted by Crippen LogP contribution is 2.19. The van der Waals surface area contributed by atoms with Gasteiger partial charge >= 0.3 is 0 Å². The Bertz CT molecular complexity index is 406. The van der Waals surface area contributed by atoms with Gasteiger partial charge in [-0.1, -0.05) is 18.2 Å². The average molecular weight is 266 g/mol. The van der Waals surface area contributed by atoms with Crippen molar-refractivity contribution in [2.75, 3.05) is 18.1 Å². The number of thioether (sulfide) groups is 1. The molecule has 0 radical (unpaired) electrons. The molecule has 0 spiro atoms. The van der Waals surface area contributed by atoms with Crippen molar-refractivity contribution in [2.24, 2.45) is 0 Å². The second kappa shape index (κ2) is 6.75. The summed E-state index contributed by atoms with van der Waals surface area (Å²) in [5.74, 6) is 2.43. The molecule has 0 aliphatic carbocycles. The Morgan fingerprint density at radius 1 is 1.44 bits per heavy atom. The van der Waals surface area contributed by atoms with Gasteiger partial charge < -0.3 is 5.32 Å². The SMILES string of the molecule is O=[N+]([O-])c1ccccc1CCNC1CCCSC1. The zero-order chi connectivity index (χ0) is 12.8. The summed E-state index contributed by atoms with van der Waals surface area (Å²) in [6.07, 6.45) is 3.22. The molecule has 1 aromatic rings. The van der Waals surface area contributed by atoms with E-state index in [1.165, 1.54) is 18.6 Å². The van der Waals surface area contributed by atoms with Crippen molar-refractivity contribution < 1.29 is 4.92 Å². The minimum absolute atomic E-state index is 0.234. The Labute approximate surface area is 111 Å². The Kier molecular flexibility index (Phi) is 5.01. The summed E-state index contributed by atoms with van der Waals surface area (Å²) < 4.78 is 0. The maximum absolute atomic E-state index is 10.9. The van der Waals surface area contributed by atoms with Gasteiger partial charge in [0.05, 0.1) is 4.92 Å². The van der Waals surface area contributed by atoms with Crippen LogP contribution in [0.25, 0.3) is 0 Å². The standard InChI is InChI=1S/C13H18N2O2S/c16-15(17)13-6-2-1-4-11(13)7-8-14-12-5-3-9-18-10-12/h1-2,4,6,12,14H,3,5,7-10H2. The van der Waals surface area contributed by atoms with E-state index in [0.29, 0.717) is 6.04 Å². The summed E-state index contributed by atoms with van der Waals surface area (Å²) >= 11 is 1.99. The second-order valence-electron chi connectivity index (χ2n) is 4.50. The molecule has 1 N–H and O–H groups in total. The molecule has 5 heteroatoms. The van der Waals surface area contributed by atoms with Crippen LogP contribution in [0.4, 0.5) is 5.69 Å². The molecule has 1 unspecified atom stereocenters. The first kappa shape index (κ1) is 13.4. The van der Waals surface area contributed by atoms with Crippen LogP contribution >= 0.6 is 11.8 Å². The number of hydrogen-bond donors (Lipinski definition) is 1. The van der Waals surface area contributed by atoms with Crippen molar-refractivity contribution in [3.05, 3.63) is 39.9 Å². The van der Waals surface area contributed by atoms with E-state index in [9.17, 15) is 10.1 Å². The van der Waals surface area contributed by atoms with E-state index in [1.807, 2.05) is 23.9 Å². The first-order valence-corrected chi connectivity index (χ1v) is 7.46. The molecule has 18 heavy (non-hydrogen) atoms. The van der Waals surface area contributed by atoms with Crippen molar-refractivity contribution in [3.8, 4) is 0 Å². The lowest BCUT2D eigenvalue weighted by Gasteiger charge is -2.22. The van der Waals surface area contributed by atoms with E-state index in [2.05, 4.69) is 5.32 Å². The van der Waals surface area contributed by atoms with Gasteiger partial charge in [-0.2, -0.15) is 11.8 Å². The van der Waals surface area contributed by atoms with Crippen LogP contribution in [-0.2, 0) is 6.42 Å². The molecule has 0 bridgehead atoms. The van der Waals surface area contributed by atoms with Crippen molar-refractivity contribution in [3.63, 3.8) is 0 Å². The minimum Gasteiger partial charge on any atom is -0.313 e. The number of nitro benzene ring substituents is 1. The Morgan fingerprint density at radius 2 is 2.28 bits per heavy atom. The fourth-order valence-corrected chi connectivity index (χ4v) is 3.32. The summed E-state index contributed by atoms with van der Waals surface area (Å²) in [6.45, 7) is 0.816. The number of hydrogen-bond acceptors (Lipinski definition) is 4. The van der Waals surface area contributed by atoms with Gasteiger partial charge in [0, 0.05) is 23.4 Å². The molecule has 1 aromatic carbocycles. The van der Waals surface area contributed by atoms with Crippen LogP contribution in [0, 0.1) is 10.1 Å². The number of benzene rings is 1. The van der Waals surface area contributed by atoms with Crippen LogP contribution in [0.2, 0.25) is 0 Å². The van der Waals surface area contributed by atoms with E-state index in [0.717, 1.165) is 24.3 Å². The number of rotatable bonds is 5. The maximum atomic E-state index is 10.9.